The minimum absolute atomic E-state index is 0.0192. The van der Waals surface area contributed by atoms with E-state index in [1.54, 1.807) is 31.2 Å². The Morgan fingerprint density at radius 3 is 1.46 bits per heavy atom. The SMILES string of the molecule is CC1=C(CCC(=O)O)c2cc3[nH]c(cc4[nH]c(cc5nc(cc1n2)C(C)=C5CCC(=O)O)c(CC(=O)OO)c4CCC(=O)O)c(C)c3CCC(=O)O. The molecule has 5 heterocycles. The number of carbonyl (C=O) groups is 5. The maximum atomic E-state index is 12.5. The molecule has 0 atom stereocenters. The fourth-order valence-corrected chi connectivity index (χ4v) is 6.68. The van der Waals surface area contributed by atoms with Crippen molar-refractivity contribution in [3.8, 4) is 0 Å². The number of aryl methyl sites for hydroxylation is 3. The lowest BCUT2D eigenvalue weighted by atomic mass is 9.98. The highest BCUT2D eigenvalue weighted by Gasteiger charge is 2.24. The maximum absolute atomic E-state index is 12.5. The fourth-order valence-electron chi connectivity index (χ4n) is 6.68. The number of aliphatic carboxylic acids is 4. The minimum Gasteiger partial charge on any atom is -0.481 e. The number of rotatable bonds is 14. The summed E-state index contributed by atoms with van der Waals surface area (Å²) in [4.78, 5) is 79.6. The molecule has 0 spiro atoms. The van der Waals surface area contributed by atoms with Crippen LogP contribution in [0.4, 0.5) is 0 Å². The molecule has 3 aromatic rings. The molecule has 0 fully saturated rings. The smallest absolute Gasteiger partial charge is 0.346 e. The molecule has 5 rings (SSSR count). The molecule has 0 unspecified atom stereocenters. The van der Waals surface area contributed by atoms with Gasteiger partial charge in [0.1, 0.15) is 0 Å². The quantitative estimate of drug-likeness (QED) is 0.0770. The van der Waals surface area contributed by atoms with Crippen molar-refractivity contribution >= 4 is 74.2 Å². The van der Waals surface area contributed by atoms with Gasteiger partial charge in [-0.1, -0.05) is 0 Å². The number of H-pyrrole nitrogens is 2. The highest BCUT2D eigenvalue weighted by atomic mass is 17.1. The van der Waals surface area contributed by atoms with Crippen LogP contribution in [-0.4, -0.2) is 75.5 Å². The number of hydrogen-bond acceptors (Lipinski definition) is 9. The van der Waals surface area contributed by atoms with Crippen molar-refractivity contribution in [1.29, 1.82) is 0 Å². The molecule has 15 nitrogen and oxygen atoms in total. The zero-order valence-corrected chi connectivity index (χ0v) is 28.8. The number of nitrogens with zero attached hydrogens (tertiary/aromatic N) is 2. The Morgan fingerprint density at radius 2 is 0.981 bits per heavy atom. The molecule has 2 aliphatic heterocycles. The molecule has 8 bridgehead atoms. The summed E-state index contributed by atoms with van der Waals surface area (Å²) in [5, 5.41) is 47.4. The average Bonchev–Trinajstić information content (AvgIpc) is 3.74. The van der Waals surface area contributed by atoms with Crippen molar-refractivity contribution in [2.75, 3.05) is 0 Å². The Morgan fingerprint density at radius 1 is 0.558 bits per heavy atom. The normalized spacial score (nSPS) is 12.7. The maximum Gasteiger partial charge on any atom is 0.346 e. The van der Waals surface area contributed by atoms with Crippen LogP contribution in [0.1, 0.15) is 97.4 Å². The summed E-state index contributed by atoms with van der Waals surface area (Å²) in [6.45, 7) is 5.43. The third-order valence-electron chi connectivity index (χ3n) is 9.41. The standard InChI is InChI=1S/C37H38N4O11/c1-17-20(4-8-33(42)43)28-15-29-22(6-10-35(46)47)19(3)27(40-29)14-31-23(7-11-36(48)49)24(12-37(50)52-51)32(41-31)16-30-21(5-9-34(44)45)18(2)26(39-30)13-25(17)38-28/h13-16,40-41,51H,4-12H2,1-3H3,(H,42,43)(H,44,45)(H,46,47)(H,48,49). The summed E-state index contributed by atoms with van der Waals surface area (Å²) in [5.74, 6) is -5.09. The number of carboxylic acids is 4. The molecule has 0 amide bonds. The second-order valence-corrected chi connectivity index (χ2v) is 12.7. The Bertz CT molecular complexity index is 2240. The van der Waals surface area contributed by atoms with Gasteiger partial charge in [0.05, 0.1) is 29.2 Å². The topological polar surface area (TPSA) is 253 Å². The summed E-state index contributed by atoms with van der Waals surface area (Å²) < 4.78 is 0. The molecule has 0 radical (unpaired) electrons. The van der Waals surface area contributed by atoms with E-state index in [-0.39, 0.29) is 51.4 Å². The number of allylic oxidation sites excluding steroid dienone is 4. The number of aromatic nitrogens is 4. The van der Waals surface area contributed by atoms with Crippen LogP contribution in [0.3, 0.4) is 0 Å². The van der Waals surface area contributed by atoms with E-state index in [4.69, 9.17) is 9.97 Å². The first-order valence-corrected chi connectivity index (χ1v) is 16.5. The van der Waals surface area contributed by atoms with Crippen molar-refractivity contribution in [3.63, 3.8) is 0 Å². The van der Waals surface area contributed by atoms with Crippen molar-refractivity contribution in [1.82, 2.24) is 19.9 Å². The molecule has 272 valence electrons. The van der Waals surface area contributed by atoms with Gasteiger partial charge in [0, 0.05) is 47.8 Å². The predicted molar refractivity (Wildman–Crippen MR) is 189 cm³/mol. The van der Waals surface area contributed by atoms with E-state index in [1.807, 2.05) is 13.8 Å². The minimum atomic E-state index is -1.09. The number of nitrogens with one attached hydrogen (secondary N) is 2. The van der Waals surface area contributed by atoms with Gasteiger partial charge >= 0.3 is 29.8 Å². The summed E-state index contributed by atoms with van der Waals surface area (Å²) >= 11 is 0. The van der Waals surface area contributed by atoms with Gasteiger partial charge in [-0.05, 0) is 115 Å². The van der Waals surface area contributed by atoms with Crippen LogP contribution in [-0.2, 0) is 48.1 Å². The van der Waals surface area contributed by atoms with Crippen LogP contribution in [0.15, 0.2) is 24.3 Å². The summed E-state index contributed by atoms with van der Waals surface area (Å²) in [5.41, 5.74) is 8.64. The highest BCUT2D eigenvalue weighted by molar-refractivity contribution is 5.96. The van der Waals surface area contributed by atoms with Gasteiger partial charge in [0.2, 0.25) is 0 Å². The van der Waals surface area contributed by atoms with Crippen molar-refractivity contribution in [3.05, 3.63) is 69.3 Å². The Balaban J connectivity index is 1.96. The first kappa shape index (κ1) is 37.2. The van der Waals surface area contributed by atoms with E-state index in [0.29, 0.717) is 83.8 Å². The van der Waals surface area contributed by atoms with Crippen LogP contribution in [0.5, 0.6) is 0 Å². The van der Waals surface area contributed by atoms with E-state index in [9.17, 15) is 49.7 Å². The Labute approximate surface area is 296 Å². The first-order valence-electron chi connectivity index (χ1n) is 16.5. The Hall–Kier alpha value is -6.09. The molecule has 0 aromatic carbocycles. The largest absolute Gasteiger partial charge is 0.481 e. The van der Waals surface area contributed by atoms with Gasteiger partial charge in [-0.25, -0.2) is 14.8 Å². The highest BCUT2D eigenvalue weighted by Crippen LogP contribution is 2.38. The monoisotopic (exact) mass is 714 g/mol. The van der Waals surface area contributed by atoms with E-state index < -0.39 is 36.3 Å². The molecule has 3 aromatic heterocycles. The van der Waals surface area contributed by atoms with Gasteiger partial charge in [-0.2, -0.15) is 5.26 Å². The third kappa shape index (κ3) is 8.10. The van der Waals surface area contributed by atoms with Crippen LogP contribution in [0.2, 0.25) is 0 Å². The lowest BCUT2D eigenvalue weighted by molar-refractivity contribution is -0.233. The average molecular weight is 715 g/mol. The third-order valence-corrected chi connectivity index (χ3v) is 9.41. The molecule has 0 aliphatic carbocycles. The van der Waals surface area contributed by atoms with Gasteiger partial charge in [0.15, 0.2) is 0 Å². The van der Waals surface area contributed by atoms with E-state index >= 15 is 0 Å². The molecular formula is C37H38N4O11. The van der Waals surface area contributed by atoms with E-state index in [1.165, 1.54) is 0 Å². The molecule has 52 heavy (non-hydrogen) atoms. The van der Waals surface area contributed by atoms with Crippen LogP contribution in [0.25, 0.3) is 44.4 Å². The summed E-state index contributed by atoms with van der Waals surface area (Å²) in [6, 6.07) is 6.86. The van der Waals surface area contributed by atoms with E-state index in [0.717, 1.165) is 5.57 Å². The molecule has 7 N–H and O–H groups in total. The fraction of sp³-hybridized carbons (Fsp3) is 0.324. The van der Waals surface area contributed by atoms with Crippen LogP contribution in [0, 0.1) is 6.92 Å². The van der Waals surface area contributed by atoms with Crippen LogP contribution >= 0.6 is 0 Å². The van der Waals surface area contributed by atoms with Crippen molar-refractivity contribution in [2.24, 2.45) is 0 Å². The molecular weight excluding hydrogens is 676 g/mol. The first-order chi connectivity index (χ1) is 24.7. The zero-order chi connectivity index (χ0) is 37.9. The second kappa shape index (κ2) is 15.4. The number of hydrogen-bond donors (Lipinski definition) is 7. The van der Waals surface area contributed by atoms with Gasteiger partial charge in [-0.3, -0.25) is 19.2 Å². The molecule has 0 saturated carbocycles. The zero-order valence-electron chi connectivity index (χ0n) is 28.8. The molecule has 2 aliphatic rings. The number of carboxylic acid groups (broad SMARTS) is 4. The van der Waals surface area contributed by atoms with Crippen LogP contribution < -0.4 is 0 Å². The van der Waals surface area contributed by atoms with Gasteiger partial charge in [-0.15, -0.1) is 0 Å². The summed E-state index contributed by atoms with van der Waals surface area (Å²) in [6.07, 6.45) is -0.845. The van der Waals surface area contributed by atoms with Crippen molar-refractivity contribution in [2.45, 2.75) is 78.6 Å². The van der Waals surface area contributed by atoms with Gasteiger partial charge in [0.25, 0.3) is 0 Å². The lowest BCUT2D eigenvalue weighted by Gasteiger charge is -2.04. The molecule has 15 heteroatoms. The second-order valence-electron chi connectivity index (χ2n) is 12.7. The lowest BCUT2D eigenvalue weighted by Crippen LogP contribution is -2.07. The molecule has 0 saturated heterocycles. The van der Waals surface area contributed by atoms with E-state index in [2.05, 4.69) is 14.9 Å². The number of fused-ring (bicyclic) bond motifs is 8. The summed E-state index contributed by atoms with van der Waals surface area (Å²) in [7, 11) is 0. The Kier molecular flexibility index (Phi) is 11.0. The van der Waals surface area contributed by atoms with Crippen molar-refractivity contribution < 1.29 is 54.5 Å². The van der Waals surface area contributed by atoms with Gasteiger partial charge < -0.3 is 35.3 Å². The number of aromatic amines is 2. The number of carbonyl (C=O) groups excluding carboxylic acids is 1. The predicted octanol–water partition coefficient (Wildman–Crippen LogP) is 5.81.